The van der Waals surface area contributed by atoms with Crippen molar-refractivity contribution in [3.05, 3.63) is 65.7 Å². The zero-order valence-electron chi connectivity index (χ0n) is 15.1. The third-order valence-electron chi connectivity index (χ3n) is 6.02. The molecule has 0 unspecified atom stereocenters. The van der Waals surface area contributed by atoms with Gasteiger partial charge in [0.15, 0.2) is 0 Å². The summed E-state index contributed by atoms with van der Waals surface area (Å²) in [7, 11) is 1.62. The van der Waals surface area contributed by atoms with Crippen molar-refractivity contribution in [3.63, 3.8) is 0 Å². The molecule has 6 rings (SSSR count). The molecule has 0 aliphatic heterocycles. The van der Waals surface area contributed by atoms with Crippen molar-refractivity contribution in [1.29, 1.82) is 0 Å². The summed E-state index contributed by atoms with van der Waals surface area (Å²) in [6.45, 7) is 0. The van der Waals surface area contributed by atoms with Crippen LogP contribution in [0, 0.1) is 0 Å². The molecule has 0 spiro atoms. The predicted molar refractivity (Wildman–Crippen MR) is 102 cm³/mol. The number of benzene rings is 3. The summed E-state index contributed by atoms with van der Waals surface area (Å²) >= 11 is 0. The SMILES string of the molecule is CO[C@]12CC[C@H](C(=O)C1)c1c2c(O)c2ccccc2c1Oc1ccccc1. The summed E-state index contributed by atoms with van der Waals surface area (Å²) in [5.41, 5.74) is 0.745. The summed E-state index contributed by atoms with van der Waals surface area (Å²) < 4.78 is 12.2. The molecule has 1 saturated carbocycles. The number of phenols is 1. The van der Waals surface area contributed by atoms with Gasteiger partial charge in [0.25, 0.3) is 0 Å². The minimum Gasteiger partial charge on any atom is -0.507 e. The minimum atomic E-state index is -0.774. The maximum Gasteiger partial charge on any atom is 0.143 e. The van der Waals surface area contributed by atoms with Gasteiger partial charge in [0.1, 0.15) is 28.6 Å². The molecule has 1 fully saturated rings. The minimum absolute atomic E-state index is 0.156. The molecule has 4 nitrogen and oxygen atoms in total. The Morgan fingerprint density at radius 2 is 1.74 bits per heavy atom. The van der Waals surface area contributed by atoms with Crippen molar-refractivity contribution in [2.75, 3.05) is 7.11 Å². The quantitative estimate of drug-likeness (QED) is 0.712. The van der Waals surface area contributed by atoms with Gasteiger partial charge in [-0.2, -0.15) is 0 Å². The van der Waals surface area contributed by atoms with Crippen molar-refractivity contribution in [1.82, 2.24) is 0 Å². The standard InChI is InChI=1S/C23H20O4/c1-26-23-12-11-17(18(24)13-23)19-20(23)21(25)15-9-5-6-10-16(15)22(19)27-14-7-3-2-4-8-14/h2-10,17,25H,11-13H2,1H3/t17-,23-/m1/s1. The molecular weight excluding hydrogens is 340 g/mol. The lowest BCUT2D eigenvalue weighted by atomic mass is 9.62. The Morgan fingerprint density at radius 1 is 1.04 bits per heavy atom. The van der Waals surface area contributed by atoms with Crippen molar-refractivity contribution in [2.45, 2.75) is 30.8 Å². The number of rotatable bonds is 3. The Balaban J connectivity index is 1.87. The number of phenolic OH excluding ortho intramolecular Hbond substituents is 1. The topological polar surface area (TPSA) is 55.8 Å². The van der Waals surface area contributed by atoms with E-state index in [4.69, 9.17) is 9.47 Å². The monoisotopic (exact) mass is 360 g/mol. The largest absolute Gasteiger partial charge is 0.507 e. The van der Waals surface area contributed by atoms with Crippen LogP contribution in [-0.2, 0) is 15.1 Å². The fourth-order valence-corrected chi connectivity index (χ4v) is 4.75. The highest BCUT2D eigenvalue weighted by Crippen LogP contribution is 2.60. The highest BCUT2D eigenvalue weighted by Gasteiger charge is 2.53. The van der Waals surface area contributed by atoms with E-state index in [1.807, 2.05) is 54.6 Å². The number of Topliss-reactive ketones (excluding diaryl/α,β-unsaturated/α-hetero) is 1. The number of hydrogen-bond acceptors (Lipinski definition) is 4. The van der Waals surface area contributed by atoms with E-state index >= 15 is 0 Å². The molecule has 2 atom stereocenters. The lowest BCUT2D eigenvalue weighted by Gasteiger charge is -2.46. The van der Waals surface area contributed by atoms with Crippen LogP contribution in [0.15, 0.2) is 54.6 Å². The molecular formula is C23H20O4. The molecule has 3 aromatic rings. The molecule has 4 heteroatoms. The highest BCUT2D eigenvalue weighted by atomic mass is 16.5. The first-order valence-corrected chi connectivity index (χ1v) is 9.23. The molecule has 3 aromatic carbocycles. The number of carbonyl (C=O) groups is 1. The van der Waals surface area contributed by atoms with Crippen LogP contribution < -0.4 is 4.74 Å². The lowest BCUT2D eigenvalue weighted by Crippen LogP contribution is -2.44. The van der Waals surface area contributed by atoms with Crippen LogP contribution in [0.5, 0.6) is 17.2 Å². The fraction of sp³-hybridized carbons (Fsp3) is 0.261. The van der Waals surface area contributed by atoms with Gasteiger partial charge < -0.3 is 14.6 Å². The zero-order chi connectivity index (χ0) is 18.6. The van der Waals surface area contributed by atoms with Crippen LogP contribution in [-0.4, -0.2) is 18.0 Å². The van der Waals surface area contributed by atoms with Crippen LogP contribution in [0.3, 0.4) is 0 Å². The van der Waals surface area contributed by atoms with Crippen molar-refractivity contribution in [2.24, 2.45) is 0 Å². The molecule has 0 aromatic heterocycles. The number of hydrogen-bond donors (Lipinski definition) is 1. The fourth-order valence-electron chi connectivity index (χ4n) is 4.75. The summed E-state index contributed by atoms with van der Waals surface area (Å²) in [6, 6.07) is 17.2. The zero-order valence-corrected chi connectivity index (χ0v) is 15.1. The van der Waals surface area contributed by atoms with Gasteiger partial charge in [0.2, 0.25) is 0 Å². The Morgan fingerprint density at radius 3 is 2.44 bits per heavy atom. The molecule has 1 N–H and O–H groups in total. The van der Waals surface area contributed by atoms with Gasteiger partial charge in [-0.25, -0.2) is 0 Å². The van der Waals surface area contributed by atoms with E-state index < -0.39 is 5.60 Å². The van der Waals surface area contributed by atoms with E-state index in [9.17, 15) is 9.90 Å². The van der Waals surface area contributed by atoms with E-state index in [1.165, 1.54) is 0 Å². The van der Waals surface area contributed by atoms with Gasteiger partial charge in [-0.1, -0.05) is 42.5 Å². The number of ketones is 1. The number of fused-ring (bicyclic) bond motifs is 3. The molecule has 0 saturated heterocycles. The van der Waals surface area contributed by atoms with E-state index in [0.29, 0.717) is 24.3 Å². The third kappa shape index (κ3) is 2.23. The molecule has 0 amide bonds. The molecule has 27 heavy (non-hydrogen) atoms. The first-order valence-electron chi connectivity index (χ1n) is 9.23. The lowest BCUT2D eigenvalue weighted by molar-refractivity contribution is -0.137. The van der Waals surface area contributed by atoms with E-state index in [2.05, 4.69) is 0 Å². The van der Waals surface area contributed by atoms with Crippen LogP contribution in [0.2, 0.25) is 0 Å². The van der Waals surface area contributed by atoms with Gasteiger partial charge in [0.05, 0.1) is 0 Å². The van der Waals surface area contributed by atoms with Gasteiger partial charge in [-0.05, 0) is 25.0 Å². The molecule has 3 aliphatic rings. The second-order valence-corrected chi connectivity index (χ2v) is 7.36. The van der Waals surface area contributed by atoms with Gasteiger partial charge in [-0.3, -0.25) is 4.79 Å². The van der Waals surface area contributed by atoms with Crippen LogP contribution in [0.4, 0.5) is 0 Å². The summed E-state index contributed by atoms with van der Waals surface area (Å²) in [4.78, 5) is 12.8. The van der Waals surface area contributed by atoms with Gasteiger partial charge >= 0.3 is 0 Å². The van der Waals surface area contributed by atoms with E-state index in [0.717, 1.165) is 28.3 Å². The number of methoxy groups -OCH3 is 1. The average Bonchev–Trinajstić information content (AvgIpc) is 2.71. The molecule has 3 aliphatic carbocycles. The third-order valence-corrected chi connectivity index (χ3v) is 6.02. The first-order chi connectivity index (χ1) is 13.1. The Bertz CT molecular complexity index is 1060. The summed E-state index contributed by atoms with van der Waals surface area (Å²) in [5.74, 6) is 1.47. The van der Waals surface area contributed by atoms with Crippen molar-refractivity contribution >= 4 is 16.6 Å². The molecule has 136 valence electrons. The highest BCUT2D eigenvalue weighted by molar-refractivity contribution is 6.01. The number of carbonyl (C=O) groups excluding carboxylic acids is 1. The normalized spacial score (nSPS) is 23.4. The summed E-state index contributed by atoms with van der Waals surface area (Å²) in [6.07, 6.45) is 1.74. The number of ether oxygens (including phenoxy) is 2. The molecule has 0 heterocycles. The number of para-hydroxylation sites is 1. The predicted octanol–water partition coefficient (Wildman–Crippen LogP) is 5.03. The Hall–Kier alpha value is -2.85. The second-order valence-electron chi connectivity index (χ2n) is 7.36. The van der Waals surface area contributed by atoms with Gasteiger partial charge in [0, 0.05) is 41.3 Å². The first kappa shape index (κ1) is 16.3. The van der Waals surface area contributed by atoms with E-state index in [-0.39, 0.29) is 17.5 Å². The van der Waals surface area contributed by atoms with Crippen molar-refractivity contribution < 1.29 is 19.4 Å². The van der Waals surface area contributed by atoms with E-state index in [1.54, 1.807) is 7.11 Å². The van der Waals surface area contributed by atoms with Crippen LogP contribution in [0.25, 0.3) is 10.8 Å². The number of aromatic hydroxyl groups is 1. The maximum absolute atomic E-state index is 12.8. The summed E-state index contributed by atoms with van der Waals surface area (Å²) in [5, 5.41) is 12.7. The molecule has 0 radical (unpaired) electrons. The smallest absolute Gasteiger partial charge is 0.143 e. The van der Waals surface area contributed by atoms with Crippen LogP contribution in [0.1, 0.15) is 36.3 Å². The van der Waals surface area contributed by atoms with Crippen LogP contribution >= 0.6 is 0 Å². The van der Waals surface area contributed by atoms with Crippen molar-refractivity contribution in [3.8, 4) is 17.2 Å². The van der Waals surface area contributed by atoms with Gasteiger partial charge in [-0.15, -0.1) is 0 Å². The Labute approximate surface area is 157 Å². The molecule has 2 bridgehead atoms. The average molecular weight is 360 g/mol. The second kappa shape index (κ2) is 5.83. The maximum atomic E-state index is 12.8. The Kier molecular flexibility index (Phi) is 3.52.